The molecule has 0 aromatic rings. The molecule has 0 radical (unpaired) electrons. The van der Waals surface area contributed by atoms with E-state index < -0.39 is 0 Å². The summed E-state index contributed by atoms with van der Waals surface area (Å²) in [4.78, 5) is 15.6. The van der Waals surface area contributed by atoms with Gasteiger partial charge in [-0.05, 0) is 99.8 Å². The number of hydrogen-bond acceptors (Lipinski definition) is 4. The van der Waals surface area contributed by atoms with Gasteiger partial charge in [0.1, 0.15) is 5.78 Å². The molecule has 1 saturated heterocycles. The second-order valence-corrected chi connectivity index (χ2v) is 12.8. The van der Waals surface area contributed by atoms with E-state index in [0.29, 0.717) is 47.7 Å². The average Bonchev–Trinajstić information content (AvgIpc) is 3.09. The number of rotatable bonds is 2. The Bertz CT molecular complexity index is 780. The predicted molar refractivity (Wildman–Crippen MR) is 127 cm³/mol. The number of nitrogens with zero attached hydrogens (tertiary/aromatic N) is 1. The van der Waals surface area contributed by atoms with Crippen LogP contribution in [0.2, 0.25) is 0 Å². The smallest absolute Gasteiger partial charge is 0.136 e. The van der Waals surface area contributed by atoms with E-state index in [1.54, 1.807) is 11.1 Å². The number of aliphatic hydroxyl groups excluding tert-OH is 2. The molecule has 5 aliphatic rings. The zero-order chi connectivity index (χ0) is 22.9. The molecule has 0 spiro atoms. The summed E-state index contributed by atoms with van der Waals surface area (Å²) in [7, 11) is 2.20. The molecule has 1 aliphatic heterocycles. The van der Waals surface area contributed by atoms with E-state index in [-0.39, 0.29) is 29.6 Å². The largest absolute Gasteiger partial charge is 0.393 e. The van der Waals surface area contributed by atoms with Crippen LogP contribution in [-0.4, -0.2) is 52.7 Å². The molecule has 11 atom stereocenters. The standard InChI is InChI=1S/C28H45NO3/c1-15-10-26(32)27(29(5)14-15)17(3)19-6-7-20-21(16(19)2)12-23-22(20)13-25(31)24-11-18(30)8-9-28(23,24)4/h15,17-20,22-24,26-27,30,32H,6-14H2,1-5H3/t15-,17-,18+,19+,20-,22+,23+,24-,26-,27-,28-/m0/s1. The Balaban J connectivity index is 1.41. The Morgan fingerprint density at radius 3 is 2.59 bits per heavy atom. The fourth-order valence-electron chi connectivity index (χ4n) is 9.55. The van der Waals surface area contributed by atoms with Gasteiger partial charge in [-0.1, -0.05) is 31.9 Å². The number of aliphatic hydroxyl groups is 2. The van der Waals surface area contributed by atoms with Crippen LogP contribution in [0.25, 0.3) is 0 Å². The lowest BCUT2D eigenvalue weighted by atomic mass is 9.51. The number of likely N-dealkylation sites (N-methyl/N-ethyl adjacent to an activating group) is 1. The van der Waals surface area contributed by atoms with E-state index in [9.17, 15) is 15.0 Å². The van der Waals surface area contributed by atoms with Gasteiger partial charge in [0.25, 0.3) is 0 Å². The van der Waals surface area contributed by atoms with Gasteiger partial charge in [0.15, 0.2) is 0 Å². The van der Waals surface area contributed by atoms with Crippen molar-refractivity contribution in [2.75, 3.05) is 13.6 Å². The van der Waals surface area contributed by atoms with Crippen LogP contribution < -0.4 is 0 Å². The molecule has 5 rings (SSSR count). The molecule has 0 bridgehead atoms. The van der Waals surface area contributed by atoms with Gasteiger partial charge >= 0.3 is 0 Å². The van der Waals surface area contributed by atoms with E-state index in [0.717, 1.165) is 32.2 Å². The lowest BCUT2D eigenvalue weighted by Crippen LogP contribution is -2.54. The number of hydrogen-bond donors (Lipinski definition) is 2. The Hall–Kier alpha value is -0.710. The molecule has 0 aromatic carbocycles. The summed E-state index contributed by atoms with van der Waals surface area (Å²) in [6.45, 7) is 10.5. The van der Waals surface area contributed by atoms with Gasteiger partial charge < -0.3 is 15.1 Å². The maximum absolute atomic E-state index is 13.2. The summed E-state index contributed by atoms with van der Waals surface area (Å²) in [5.41, 5.74) is 3.33. The molecule has 0 unspecified atom stereocenters. The maximum atomic E-state index is 13.2. The molecule has 0 aromatic heterocycles. The highest BCUT2D eigenvalue weighted by atomic mass is 16.3. The number of carbonyl (C=O) groups is 1. The number of likely N-dealkylation sites (tertiary alicyclic amines) is 1. The summed E-state index contributed by atoms with van der Waals surface area (Å²) in [5.74, 6) is 3.77. The molecule has 4 nitrogen and oxygen atoms in total. The molecule has 3 saturated carbocycles. The second-order valence-electron chi connectivity index (χ2n) is 12.8. The number of fused-ring (bicyclic) bond motifs is 5. The van der Waals surface area contributed by atoms with E-state index in [1.807, 2.05) is 0 Å². The molecule has 4 aliphatic carbocycles. The SMILES string of the molecule is CC1=C2C[C@@H]3[C@H](CC(=O)[C@@H]4C[C@H](O)CC[C@@]34C)[C@H]2CC[C@H]1[C@H](C)[C@H]1[C@@H](O)C[C@H](C)CN1C. The number of allylic oxidation sites excluding steroid dienone is 2. The van der Waals surface area contributed by atoms with Crippen molar-refractivity contribution in [2.24, 2.45) is 46.8 Å². The molecular weight excluding hydrogens is 398 g/mol. The number of piperidine rings is 1. The van der Waals surface area contributed by atoms with Crippen LogP contribution in [0, 0.1) is 46.8 Å². The summed E-state index contributed by atoms with van der Waals surface area (Å²) in [6, 6.07) is 0.246. The molecule has 0 amide bonds. The van der Waals surface area contributed by atoms with E-state index in [4.69, 9.17) is 0 Å². The van der Waals surface area contributed by atoms with Crippen LogP contribution in [0.4, 0.5) is 0 Å². The lowest BCUT2D eigenvalue weighted by Gasteiger charge is -2.52. The van der Waals surface area contributed by atoms with E-state index >= 15 is 0 Å². The highest BCUT2D eigenvalue weighted by Crippen LogP contribution is 2.64. The van der Waals surface area contributed by atoms with Crippen molar-refractivity contribution < 1.29 is 15.0 Å². The molecule has 1 heterocycles. The predicted octanol–water partition coefficient (Wildman–Crippen LogP) is 4.44. The van der Waals surface area contributed by atoms with Crippen LogP contribution >= 0.6 is 0 Å². The van der Waals surface area contributed by atoms with Gasteiger partial charge in [0.2, 0.25) is 0 Å². The van der Waals surface area contributed by atoms with Crippen LogP contribution in [0.3, 0.4) is 0 Å². The Morgan fingerprint density at radius 1 is 1.12 bits per heavy atom. The van der Waals surface area contributed by atoms with Crippen molar-refractivity contribution >= 4 is 5.78 Å². The quantitative estimate of drug-likeness (QED) is 0.620. The fourth-order valence-corrected chi connectivity index (χ4v) is 9.55. The van der Waals surface area contributed by atoms with Crippen LogP contribution in [-0.2, 0) is 4.79 Å². The van der Waals surface area contributed by atoms with Crippen LogP contribution in [0.1, 0.15) is 79.1 Å². The first-order valence-electron chi connectivity index (χ1n) is 13.4. The molecule has 4 fully saturated rings. The Labute approximate surface area is 194 Å². The molecular formula is C28H45NO3. The third-order valence-electron chi connectivity index (χ3n) is 11.1. The third-order valence-corrected chi connectivity index (χ3v) is 11.1. The lowest BCUT2D eigenvalue weighted by molar-refractivity contribution is -0.145. The van der Waals surface area contributed by atoms with E-state index in [1.165, 1.54) is 19.3 Å². The second kappa shape index (κ2) is 8.20. The van der Waals surface area contributed by atoms with E-state index in [2.05, 4.69) is 39.6 Å². The summed E-state index contributed by atoms with van der Waals surface area (Å²) < 4.78 is 0. The minimum atomic E-state index is -0.287. The monoisotopic (exact) mass is 443 g/mol. The third kappa shape index (κ3) is 3.46. The summed E-state index contributed by atoms with van der Waals surface area (Å²) in [6.07, 6.45) is 7.26. The van der Waals surface area contributed by atoms with Gasteiger partial charge in [0.05, 0.1) is 12.2 Å². The fraction of sp³-hybridized carbons (Fsp3) is 0.893. The Kier molecular flexibility index (Phi) is 5.91. The van der Waals surface area contributed by atoms with Gasteiger partial charge in [0, 0.05) is 24.9 Å². The molecule has 32 heavy (non-hydrogen) atoms. The minimum Gasteiger partial charge on any atom is -0.393 e. The average molecular weight is 444 g/mol. The maximum Gasteiger partial charge on any atom is 0.136 e. The summed E-state index contributed by atoms with van der Waals surface area (Å²) in [5, 5.41) is 21.2. The van der Waals surface area contributed by atoms with Gasteiger partial charge in [-0.2, -0.15) is 0 Å². The van der Waals surface area contributed by atoms with Crippen molar-refractivity contribution in [1.29, 1.82) is 0 Å². The van der Waals surface area contributed by atoms with Gasteiger partial charge in [-0.25, -0.2) is 0 Å². The zero-order valence-electron chi connectivity index (χ0n) is 20.9. The Morgan fingerprint density at radius 2 is 1.88 bits per heavy atom. The number of Topliss-reactive ketones (excluding diaryl/α,β-unsaturated/α-hetero) is 1. The topological polar surface area (TPSA) is 60.8 Å². The zero-order valence-corrected chi connectivity index (χ0v) is 20.9. The van der Waals surface area contributed by atoms with Crippen LogP contribution in [0.5, 0.6) is 0 Å². The highest BCUT2D eigenvalue weighted by Gasteiger charge is 2.59. The minimum absolute atomic E-state index is 0.0660. The van der Waals surface area contributed by atoms with Gasteiger partial charge in [-0.3, -0.25) is 4.79 Å². The van der Waals surface area contributed by atoms with Crippen molar-refractivity contribution in [2.45, 2.75) is 97.3 Å². The van der Waals surface area contributed by atoms with Crippen molar-refractivity contribution in [3.8, 4) is 0 Å². The van der Waals surface area contributed by atoms with Crippen molar-refractivity contribution in [3.63, 3.8) is 0 Å². The number of ketones is 1. The molecule has 2 N–H and O–H groups in total. The highest BCUT2D eigenvalue weighted by molar-refractivity contribution is 5.83. The van der Waals surface area contributed by atoms with Gasteiger partial charge in [-0.15, -0.1) is 0 Å². The van der Waals surface area contributed by atoms with Crippen LogP contribution in [0.15, 0.2) is 11.1 Å². The first kappa shape index (κ1) is 23.1. The summed E-state index contributed by atoms with van der Waals surface area (Å²) >= 11 is 0. The van der Waals surface area contributed by atoms with Crippen molar-refractivity contribution in [1.82, 2.24) is 4.90 Å². The first-order chi connectivity index (χ1) is 15.1. The first-order valence-corrected chi connectivity index (χ1v) is 13.4. The molecule has 180 valence electrons. The molecule has 4 heteroatoms. The number of carbonyl (C=O) groups excluding carboxylic acids is 1. The normalized spacial score (nSPS) is 50.6. The van der Waals surface area contributed by atoms with Crippen molar-refractivity contribution in [3.05, 3.63) is 11.1 Å².